The van der Waals surface area contributed by atoms with E-state index in [1.807, 2.05) is 0 Å². The molecular formula is C20H16ClFN4O3. The Kier molecular flexibility index (Phi) is 4.79. The summed E-state index contributed by atoms with van der Waals surface area (Å²) >= 11 is 5.88. The first-order valence-corrected chi connectivity index (χ1v) is 9.30. The second-order valence-electron chi connectivity index (χ2n) is 6.89. The summed E-state index contributed by atoms with van der Waals surface area (Å²) < 4.78 is 15.8. The van der Waals surface area contributed by atoms with Crippen molar-refractivity contribution >= 4 is 34.3 Å². The van der Waals surface area contributed by atoms with Gasteiger partial charge in [0.05, 0.1) is 10.5 Å². The van der Waals surface area contributed by atoms with Crippen LogP contribution in [-0.2, 0) is 6.54 Å². The highest BCUT2D eigenvalue weighted by Gasteiger charge is 2.27. The number of hydrogen-bond donors (Lipinski definition) is 2. The van der Waals surface area contributed by atoms with Gasteiger partial charge in [-0.3, -0.25) is 19.4 Å². The standard InChI is InChI=1S/C20H16ClFN4O3/c21-14-6-17-12(5-15(14)22)18(27)13(9-26(17)11-2-3-11)20(29)25-8-10-1-4-16(19(23)28)24-7-10/h1,4-7,9,11H,2-3,8H2,(H2,23,28)(H,25,29). The van der Waals surface area contributed by atoms with Crippen LogP contribution in [0.1, 0.15) is 45.3 Å². The topological polar surface area (TPSA) is 107 Å². The van der Waals surface area contributed by atoms with E-state index in [9.17, 15) is 18.8 Å². The number of rotatable bonds is 5. The van der Waals surface area contributed by atoms with Crippen molar-refractivity contribution in [3.63, 3.8) is 0 Å². The number of halogens is 2. The number of nitrogens with zero attached hydrogens (tertiary/aromatic N) is 2. The number of aromatic nitrogens is 2. The summed E-state index contributed by atoms with van der Waals surface area (Å²) in [6.07, 6.45) is 4.73. The molecule has 0 bridgehead atoms. The number of nitrogens with one attached hydrogen (secondary N) is 1. The number of fused-ring (bicyclic) bond motifs is 1. The summed E-state index contributed by atoms with van der Waals surface area (Å²) in [5.41, 5.74) is 5.75. The van der Waals surface area contributed by atoms with Crippen molar-refractivity contribution in [3.05, 3.63) is 74.5 Å². The molecule has 0 spiro atoms. The van der Waals surface area contributed by atoms with E-state index in [1.54, 1.807) is 10.6 Å². The van der Waals surface area contributed by atoms with Crippen LogP contribution in [0.4, 0.5) is 4.39 Å². The van der Waals surface area contributed by atoms with Gasteiger partial charge in [0, 0.05) is 30.4 Å². The van der Waals surface area contributed by atoms with E-state index in [0.29, 0.717) is 11.1 Å². The molecule has 2 heterocycles. The maximum absolute atomic E-state index is 13.9. The molecule has 9 heteroatoms. The third kappa shape index (κ3) is 3.71. The second kappa shape index (κ2) is 7.29. The van der Waals surface area contributed by atoms with Crippen LogP contribution in [0.25, 0.3) is 10.9 Å². The molecule has 0 radical (unpaired) electrons. The van der Waals surface area contributed by atoms with Crippen LogP contribution in [0, 0.1) is 5.82 Å². The predicted molar refractivity (Wildman–Crippen MR) is 105 cm³/mol. The molecular weight excluding hydrogens is 399 g/mol. The average Bonchev–Trinajstić information content (AvgIpc) is 3.53. The van der Waals surface area contributed by atoms with E-state index >= 15 is 0 Å². The smallest absolute Gasteiger partial charge is 0.267 e. The van der Waals surface area contributed by atoms with Gasteiger partial charge in [0.1, 0.15) is 17.1 Å². The molecule has 4 rings (SSSR count). The molecule has 2 amide bonds. The number of amides is 2. The van der Waals surface area contributed by atoms with Crippen molar-refractivity contribution in [2.45, 2.75) is 25.4 Å². The molecule has 1 fully saturated rings. The van der Waals surface area contributed by atoms with Crippen LogP contribution in [0.2, 0.25) is 5.02 Å². The number of benzene rings is 1. The third-order valence-electron chi connectivity index (χ3n) is 4.79. The normalized spacial score (nSPS) is 13.4. The Bertz CT molecular complexity index is 1200. The van der Waals surface area contributed by atoms with Crippen molar-refractivity contribution in [1.82, 2.24) is 14.9 Å². The van der Waals surface area contributed by atoms with Gasteiger partial charge in [-0.05, 0) is 36.6 Å². The van der Waals surface area contributed by atoms with Gasteiger partial charge >= 0.3 is 0 Å². The number of pyridine rings is 2. The lowest BCUT2D eigenvalue weighted by atomic mass is 10.1. The summed E-state index contributed by atoms with van der Waals surface area (Å²) in [5, 5.41) is 2.69. The van der Waals surface area contributed by atoms with E-state index in [2.05, 4.69) is 10.3 Å². The molecule has 1 aliphatic carbocycles. The molecule has 1 aromatic carbocycles. The van der Waals surface area contributed by atoms with E-state index in [-0.39, 0.29) is 34.3 Å². The predicted octanol–water partition coefficient (Wildman–Crippen LogP) is 2.55. The van der Waals surface area contributed by atoms with Crippen LogP contribution in [0.15, 0.2) is 41.5 Å². The summed E-state index contributed by atoms with van der Waals surface area (Å²) in [6, 6.07) is 5.69. The Balaban J connectivity index is 1.65. The lowest BCUT2D eigenvalue weighted by Gasteiger charge is -2.13. The van der Waals surface area contributed by atoms with Gasteiger partial charge in [-0.1, -0.05) is 17.7 Å². The Morgan fingerprint density at radius 1 is 1.31 bits per heavy atom. The molecule has 2 aromatic heterocycles. The SMILES string of the molecule is NC(=O)c1ccc(CNC(=O)c2cn(C3CC3)c3cc(Cl)c(F)cc3c2=O)cn1. The minimum Gasteiger partial charge on any atom is -0.364 e. The van der Waals surface area contributed by atoms with Gasteiger partial charge in [-0.15, -0.1) is 0 Å². The summed E-state index contributed by atoms with van der Waals surface area (Å²) in [7, 11) is 0. The summed E-state index contributed by atoms with van der Waals surface area (Å²) in [4.78, 5) is 40.4. The van der Waals surface area contributed by atoms with E-state index in [0.717, 1.165) is 18.9 Å². The van der Waals surface area contributed by atoms with Gasteiger partial charge in [0.2, 0.25) is 5.43 Å². The zero-order valence-electron chi connectivity index (χ0n) is 15.1. The average molecular weight is 415 g/mol. The van der Waals surface area contributed by atoms with Crippen LogP contribution in [0.3, 0.4) is 0 Å². The zero-order chi connectivity index (χ0) is 20.7. The van der Waals surface area contributed by atoms with Gasteiger partial charge < -0.3 is 15.6 Å². The highest BCUT2D eigenvalue weighted by Crippen LogP contribution is 2.37. The fraction of sp³-hybridized carbons (Fsp3) is 0.200. The molecule has 29 heavy (non-hydrogen) atoms. The molecule has 1 saturated carbocycles. The molecule has 3 aromatic rings. The minimum absolute atomic E-state index is 0.0737. The largest absolute Gasteiger partial charge is 0.364 e. The zero-order valence-corrected chi connectivity index (χ0v) is 15.9. The first-order valence-electron chi connectivity index (χ1n) is 8.92. The first kappa shape index (κ1) is 19.1. The Morgan fingerprint density at radius 3 is 2.69 bits per heavy atom. The van der Waals surface area contributed by atoms with Gasteiger partial charge in [0.25, 0.3) is 11.8 Å². The Hall–Kier alpha value is -3.26. The van der Waals surface area contributed by atoms with Gasteiger partial charge in [0.15, 0.2) is 0 Å². The van der Waals surface area contributed by atoms with Crippen molar-refractivity contribution < 1.29 is 14.0 Å². The molecule has 148 valence electrons. The quantitative estimate of drug-likeness (QED) is 0.668. The molecule has 3 N–H and O–H groups in total. The monoisotopic (exact) mass is 414 g/mol. The number of carbonyl (C=O) groups is 2. The minimum atomic E-state index is -0.711. The number of hydrogen-bond acceptors (Lipinski definition) is 4. The lowest BCUT2D eigenvalue weighted by molar-refractivity contribution is 0.0947. The van der Waals surface area contributed by atoms with Crippen molar-refractivity contribution in [1.29, 1.82) is 0 Å². The maximum Gasteiger partial charge on any atom is 0.267 e. The van der Waals surface area contributed by atoms with E-state index in [4.69, 9.17) is 17.3 Å². The fourth-order valence-electron chi connectivity index (χ4n) is 3.11. The van der Waals surface area contributed by atoms with Crippen molar-refractivity contribution in [3.8, 4) is 0 Å². The van der Waals surface area contributed by atoms with E-state index in [1.165, 1.54) is 24.5 Å². The molecule has 0 aliphatic heterocycles. The molecule has 0 saturated heterocycles. The van der Waals surface area contributed by atoms with Crippen molar-refractivity contribution in [2.24, 2.45) is 5.73 Å². The van der Waals surface area contributed by atoms with Crippen LogP contribution < -0.4 is 16.5 Å². The summed E-state index contributed by atoms with van der Waals surface area (Å²) in [6.45, 7) is 0.0980. The lowest BCUT2D eigenvalue weighted by Crippen LogP contribution is -2.29. The Morgan fingerprint density at radius 2 is 2.07 bits per heavy atom. The Labute approximate surface area is 169 Å². The molecule has 1 aliphatic rings. The summed E-state index contributed by atoms with van der Waals surface area (Å²) in [5.74, 6) is -1.94. The van der Waals surface area contributed by atoms with Crippen LogP contribution in [-0.4, -0.2) is 21.4 Å². The molecule has 0 unspecified atom stereocenters. The highest BCUT2D eigenvalue weighted by molar-refractivity contribution is 6.31. The number of nitrogens with two attached hydrogens (primary N) is 1. The van der Waals surface area contributed by atoms with E-state index < -0.39 is 23.1 Å². The molecule has 0 atom stereocenters. The third-order valence-corrected chi connectivity index (χ3v) is 5.08. The number of primary amides is 1. The highest BCUT2D eigenvalue weighted by atomic mass is 35.5. The fourth-order valence-corrected chi connectivity index (χ4v) is 3.27. The van der Waals surface area contributed by atoms with Gasteiger partial charge in [-0.2, -0.15) is 0 Å². The molecule has 7 nitrogen and oxygen atoms in total. The first-order chi connectivity index (χ1) is 13.8. The van der Waals surface area contributed by atoms with Crippen LogP contribution >= 0.6 is 11.6 Å². The van der Waals surface area contributed by atoms with Gasteiger partial charge in [-0.25, -0.2) is 4.39 Å². The second-order valence-corrected chi connectivity index (χ2v) is 7.30. The van der Waals surface area contributed by atoms with Crippen molar-refractivity contribution in [2.75, 3.05) is 0 Å². The number of carbonyl (C=O) groups excluding carboxylic acids is 2. The maximum atomic E-state index is 13.9. The van der Waals surface area contributed by atoms with Crippen LogP contribution in [0.5, 0.6) is 0 Å².